The normalized spacial score (nSPS) is 11.3. The lowest BCUT2D eigenvalue weighted by Crippen LogP contribution is -2.22. The first-order valence-corrected chi connectivity index (χ1v) is 11.2. The summed E-state index contributed by atoms with van der Waals surface area (Å²) in [7, 11) is 0. The van der Waals surface area contributed by atoms with Gasteiger partial charge < -0.3 is 5.32 Å². The number of thioether (sulfide) groups is 1. The zero-order valence-electron chi connectivity index (χ0n) is 17.8. The van der Waals surface area contributed by atoms with Crippen molar-refractivity contribution in [1.29, 1.82) is 0 Å². The molecule has 10 heteroatoms. The topological polar surface area (TPSA) is 81.3 Å². The molecular formula is C24H17F2N5O2S. The van der Waals surface area contributed by atoms with E-state index in [4.69, 9.17) is 0 Å². The van der Waals surface area contributed by atoms with Gasteiger partial charge in [0.25, 0.3) is 5.56 Å². The predicted molar refractivity (Wildman–Crippen MR) is 127 cm³/mol. The Morgan fingerprint density at radius 2 is 1.76 bits per heavy atom. The molecule has 5 rings (SSSR count). The number of rotatable bonds is 5. The Morgan fingerprint density at radius 3 is 2.53 bits per heavy atom. The number of hydrogen-bond acceptors (Lipinski definition) is 5. The van der Waals surface area contributed by atoms with E-state index >= 15 is 0 Å². The van der Waals surface area contributed by atoms with Gasteiger partial charge >= 0.3 is 0 Å². The van der Waals surface area contributed by atoms with Crippen LogP contribution in [0.5, 0.6) is 0 Å². The number of hydrogen-bond donors (Lipinski definition) is 1. The van der Waals surface area contributed by atoms with Crippen LogP contribution in [0, 0.1) is 18.6 Å². The van der Waals surface area contributed by atoms with E-state index in [1.807, 2.05) is 37.3 Å². The molecule has 0 unspecified atom stereocenters. The molecule has 2 aromatic heterocycles. The van der Waals surface area contributed by atoms with Gasteiger partial charge in [-0.15, -0.1) is 10.2 Å². The molecule has 170 valence electrons. The number of benzene rings is 3. The van der Waals surface area contributed by atoms with Gasteiger partial charge in [-0.05, 0) is 43.3 Å². The van der Waals surface area contributed by atoms with Gasteiger partial charge in [0.2, 0.25) is 11.7 Å². The number of nitrogens with zero attached hydrogens (tertiary/aromatic N) is 4. The number of aromatic nitrogens is 4. The molecule has 1 N–H and O–H groups in total. The van der Waals surface area contributed by atoms with Crippen LogP contribution in [0.1, 0.15) is 5.56 Å². The Morgan fingerprint density at radius 1 is 1.00 bits per heavy atom. The average molecular weight is 477 g/mol. The molecular weight excluding hydrogens is 460 g/mol. The van der Waals surface area contributed by atoms with Crippen LogP contribution in [0.4, 0.5) is 14.5 Å². The minimum Gasteiger partial charge on any atom is -0.325 e. The summed E-state index contributed by atoms with van der Waals surface area (Å²) in [6.45, 7) is 1.96. The van der Waals surface area contributed by atoms with Gasteiger partial charge in [0.1, 0.15) is 0 Å². The van der Waals surface area contributed by atoms with Crippen LogP contribution >= 0.6 is 11.8 Å². The van der Waals surface area contributed by atoms with E-state index in [1.165, 1.54) is 10.6 Å². The summed E-state index contributed by atoms with van der Waals surface area (Å²) >= 11 is 1.11. The standard InChI is InChI=1S/C24H17F2N5O2S/c1-14-6-9-16(10-7-14)30-22(33)17-4-2-3-5-20(17)31-23(30)28-29-24(31)34-13-21(32)27-15-8-11-18(25)19(26)12-15/h2-12H,13H2,1H3,(H,27,32). The first-order chi connectivity index (χ1) is 16.4. The molecule has 0 saturated heterocycles. The van der Waals surface area contributed by atoms with Crippen molar-refractivity contribution in [2.75, 3.05) is 11.1 Å². The molecule has 0 spiro atoms. The van der Waals surface area contributed by atoms with Crippen molar-refractivity contribution in [2.45, 2.75) is 12.1 Å². The van der Waals surface area contributed by atoms with Gasteiger partial charge in [0, 0.05) is 11.8 Å². The van der Waals surface area contributed by atoms with E-state index in [0.29, 0.717) is 27.5 Å². The van der Waals surface area contributed by atoms with E-state index in [-0.39, 0.29) is 17.0 Å². The van der Waals surface area contributed by atoms with Crippen molar-refractivity contribution < 1.29 is 13.6 Å². The zero-order chi connectivity index (χ0) is 23.8. The van der Waals surface area contributed by atoms with E-state index in [9.17, 15) is 18.4 Å². The van der Waals surface area contributed by atoms with E-state index in [1.54, 1.807) is 22.6 Å². The van der Waals surface area contributed by atoms with E-state index < -0.39 is 17.5 Å². The summed E-state index contributed by atoms with van der Waals surface area (Å²) in [5.41, 5.74) is 2.23. The van der Waals surface area contributed by atoms with E-state index in [0.717, 1.165) is 29.5 Å². The number of fused-ring (bicyclic) bond motifs is 3. The first-order valence-electron chi connectivity index (χ1n) is 10.3. The number of carbonyl (C=O) groups excluding carboxylic acids is 1. The monoisotopic (exact) mass is 477 g/mol. The molecule has 3 aromatic carbocycles. The maximum atomic E-state index is 13.4. The number of para-hydroxylation sites is 1. The predicted octanol–water partition coefficient (Wildman–Crippen LogP) is 4.35. The summed E-state index contributed by atoms with van der Waals surface area (Å²) < 4.78 is 29.7. The molecule has 0 saturated carbocycles. The van der Waals surface area contributed by atoms with Gasteiger partial charge in [-0.1, -0.05) is 41.6 Å². The number of nitrogens with one attached hydrogen (secondary N) is 1. The van der Waals surface area contributed by atoms with Gasteiger partial charge in [0.15, 0.2) is 16.8 Å². The molecule has 0 aliphatic heterocycles. The lowest BCUT2D eigenvalue weighted by atomic mass is 10.2. The van der Waals surface area contributed by atoms with Crippen LogP contribution in [0.2, 0.25) is 0 Å². The second-order valence-electron chi connectivity index (χ2n) is 7.58. The van der Waals surface area contributed by atoms with Gasteiger partial charge in [0.05, 0.1) is 22.3 Å². The molecule has 2 heterocycles. The molecule has 1 amide bonds. The van der Waals surface area contributed by atoms with Crippen molar-refractivity contribution in [2.24, 2.45) is 0 Å². The highest BCUT2D eigenvalue weighted by Gasteiger charge is 2.18. The number of anilines is 1. The Hall–Kier alpha value is -4.05. The molecule has 0 radical (unpaired) electrons. The highest BCUT2D eigenvalue weighted by molar-refractivity contribution is 7.99. The van der Waals surface area contributed by atoms with Crippen LogP contribution in [-0.4, -0.2) is 30.8 Å². The second kappa shape index (κ2) is 8.71. The number of amides is 1. The van der Waals surface area contributed by atoms with Crippen molar-refractivity contribution in [3.63, 3.8) is 0 Å². The third-order valence-corrected chi connectivity index (χ3v) is 6.15. The molecule has 5 aromatic rings. The lowest BCUT2D eigenvalue weighted by Gasteiger charge is -2.11. The van der Waals surface area contributed by atoms with Gasteiger partial charge in [-0.3, -0.25) is 14.0 Å². The Kier molecular flexibility index (Phi) is 5.58. The molecule has 7 nitrogen and oxygen atoms in total. The number of carbonyl (C=O) groups is 1. The molecule has 0 atom stereocenters. The summed E-state index contributed by atoms with van der Waals surface area (Å²) in [4.78, 5) is 25.7. The maximum absolute atomic E-state index is 13.4. The quantitative estimate of drug-likeness (QED) is 0.381. The zero-order valence-corrected chi connectivity index (χ0v) is 18.6. The summed E-state index contributed by atoms with van der Waals surface area (Å²) in [6, 6.07) is 17.7. The Balaban J connectivity index is 1.52. The van der Waals surface area contributed by atoms with Crippen molar-refractivity contribution in [3.05, 3.63) is 94.3 Å². The summed E-state index contributed by atoms with van der Waals surface area (Å²) in [6.07, 6.45) is 0. The average Bonchev–Trinajstić information content (AvgIpc) is 3.25. The minimum absolute atomic E-state index is 0.0578. The van der Waals surface area contributed by atoms with Crippen molar-refractivity contribution in [1.82, 2.24) is 19.2 Å². The second-order valence-corrected chi connectivity index (χ2v) is 8.52. The van der Waals surface area contributed by atoms with Crippen LogP contribution in [0.15, 0.2) is 76.7 Å². The molecule has 0 aliphatic rings. The number of halogens is 2. The van der Waals surface area contributed by atoms with Gasteiger partial charge in [-0.2, -0.15) is 0 Å². The van der Waals surface area contributed by atoms with Crippen molar-refractivity contribution in [3.8, 4) is 5.69 Å². The fourth-order valence-electron chi connectivity index (χ4n) is 3.60. The smallest absolute Gasteiger partial charge is 0.267 e. The maximum Gasteiger partial charge on any atom is 0.267 e. The summed E-state index contributed by atoms with van der Waals surface area (Å²) in [5.74, 6) is -2.21. The largest absolute Gasteiger partial charge is 0.325 e. The fourth-order valence-corrected chi connectivity index (χ4v) is 4.34. The molecule has 0 bridgehead atoms. The van der Waals surface area contributed by atoms with Gasteiger partial charge in [-0.25, -0.2) is 13.3 Å². The number of aryl methyl sites for hydroxylation is 1. The molecule has 0 aliphatic carbocycles. The van der Waals surface area contributed by atoms with E-state index in [2.05, 4.69) is 15.5 Å². The minimum atomic E-state index is -1.05. The highest BCUT2D eigenvalue weighted by Crippen LogP contribution is 2.24. The lowest BCUT2D eigenvalue weighted by molar-refractivity contribution is -0.113. The van der Waals surface area contributed by atoms with Crippen LogP contribution in [-0.2, 0) is 4.79 Å². The third-order valence-electron chi connectivity index (χ3n) is 5.22. The first kappa shape index (κ1) is 21.8. The Bertz CT molecular complexity index is 1610. The van der Waals surface area contributed by atoms with Crippen molar-refractivity contribution >= 4 is 40.0 Å². The fraction of sp³-hybridized carbons (Fsp3) is 0.0833. The van der Waals surface area contributed by atoms with Crippen LogP contribution in [0.25, 0.3) is 22.4 Å². The van der Waals surface area contributed by atoms with Crippen LogP contribution < -0.4 is 10.9 Å². The molecule has 0 fully saturated rings. The SMILES string of the molecule is Cc1ccc(-n2c(=O)c3ccccc3n3c(SCC(=O)Nc4ccc(F)c(F)c4)nnc23)cc1. The third kappa shape index (κ3) is 3.92. The Labute approximate surface area is 196 Å². The van der Waals surface area contributed by atoms with Crippen LogP contribution in [0.3, 0.4) is 0 Å². The molecule has 34 heavy (non-hydrogen) atoms. The highest BCUT2D eigenvalue weighted by atomic mass is 32.2. The summed E-state index contributed by atoms with van der Waals surface area (Å²) in [5, 5.41) is 11.9.